The molecule has 1 aliphatic rings. The van der Waals surface area contributed by atoms with Crippen LogP contribution in [0.1, 0.15) is 55.6 Å². The van der Waals surface area contributed by atoms with E-state index in [4.69, 9.17) is 0 Å². The standard InChI is InChI=1S/C28H35FN6O5/c1-17(2)13-23(27(39)33-21(16-36)14-19-9-10-32-25(19)37)35-26(38)22(8-5-18-3-6-20(29)7-4-18)34-28(40)24-15-30-11-12-31-24/h3-4,6-7,11-12,15-17,19,21-23H,5,8-10,13-14H2,1-2H3,(H,32,37)(H,33,39)(H,34,40)(H,35,38)/t19-,21-,22-,23-/m0/s1. The van der Waals surface area contributed by atoms with Gasteiger partial charge in [-0.25, -0.2) is 9.37 Å². The van der Waals surface area contributed by atoms with Crippen molar-refractivity contribution in [3.63, 3.8) is 0 Å². The largest absolute Gasteiger partial charge is 0.356 e. The molecule has 0 unspecified atom stereocenters. The molecule has 40 heavy (non-hydrogen) atoms. The maximum Gasteiger partial charge on any atom is 0.272 e. The van der Waals surface area contributed by atoms with Crippen LogP contribution in [0.2, 0.25) is 0 Å². The fourth-order valence-corrected chi connectivity index (χ4v) is 4.46. The minimum atomic E-state index is -1.05. The van der Waals surface area contributed by atoms with Gasteiger partial charge in [-0.3, -0.25) is 24.2 Å². The Morgan fingerprint density at radius 2 is 1.80 bits per heavy atom. The Kier molecular flexibility index (Phi) is 11.2. The zero-order valence-corrected chi connectivity index (χ0v) is 22.6. The molecule has 4 atom stereocenters. The fourth-order valence-electron chi connectivity index (χ4n) is 4.46. The lowest BCUT2D eigenvalue weighted by Crippen LogP contribution is -2.55. The SMILES string of the molecule is CC(C)C[C@H](NC(=O)[C@H](CCc1ccc(F)cc1)NC(=O)c1cnccn1)C(=O)N[C@H](C=O)C[C@@H]1CCNC1=O. The normalized spacial score (nSPS) is 16.9. The number of carbonyl (C=O) groups is 5. The molecule has 3 rings (SSSR count). The molecule has 1 fully saturated rings. The van der Waals surface area contributed by atoms with E-state index in [1.807, 2.05) is 13.8 Å². The second-order valence-electron chi connectivity index (χ2n) is 10.2. The summed E-state index contributed by atoms with van der Waals surface area (Å²) in [6.07, 6.45) is 6.14. The van der Waals surface area contributed by atoms with Gasteiger partial charge in [0.05, 0.1) is 12.2 Å². The van der Waals surface area contributed by atoms with E-state index < -0.39 is 41.7 Å². The summed E-state index contributed by atoms with van der Waals surface area (Å²) < 4.78 is 13.3. The van der Waals surface area contributed by atoms with Crippen LogP contribution in [0.15, 0.2) is 42.9 Å². The predicted molar refractivity (Wildman–Crippen MR) is 143 cm³/mol. The summed E-state index contributed by atoms with van der Waals surface area (Å²) in [5.41, 5.74) is 0.775. The molecule has 2 aromatic rings. The van der Waals surface area contributed by atoms with Gasteiger partial charge in [0.1, 0.15) is 29.9 Å². The maximum absolute atomic E-state index is 13.4. The zero-order chi connectivity index (χ0) is 29.1. The van der Waals surface area contributed by atoms with Crippen molar-refractivity contribution in [2.24, 2.45) is 11.8 Å². The third-order valence-electron chi connectivity index (χ3n) is 6.59. The summed E-state index contributed by atoms with van der Waals surface area (Å²) in [6, 6.07) is 2.87. The lowest BCUT2D eigenvalue weighted by molar-refractivity contribution is -0.131. The molecule has 4 amide bonds. The second kappa shape index (κ2) is 14.8. The van der Waals surface area contributed by atoms with E-state index in [1.54, 1.807) is 12.1 Å². The number of hydrogen-bond acceptors (Lipinski definition) is 7. The lowest BCUT2D eigenvalue weighted by Gasteiger charge is -2.25. The van der Waals surface area contributed by atoms with Crippen LogP contribution in [0.3, 0.4) is 0 Å². The quantitative estimate of drug-likeness (QED) is 0.254. The van der Waals surface area contributed by atoms with Gasteiger partial charge in [-0.15, -0.1) is 0 Å². The number of rotatable bonds is 14. The molecule has 0 saturated carbocycles. The molecule has 12 heteroatoms. The van der Waals surface area contributed by atoms with E-state index in [0.29, 0.717) is 25.7 Å². The molecule has 4 N–H and O–H groups in total. The first kappa shape index (κ1) is 30.3. The smallest absolute Gasteiger partial charge is 0.272 e. The fraction of sp³-hybridized carbons (Fsp3) is 0.464. The highest BCUT2D eigenvalue weighted by atomic mass is 19.1. The summed E-state index contributed by atoms with van der Waals surface area (Å²) in [5.74, 6) is -2.69. The average molecular weight is 555 g/mol. The highest BCUT2D eigenvalue weighted by molar-refractivity contribution is 5.97. The van der Waals surface area contributed by atoms with Gasteiger partial charge in [0.25, 0.3) is 5.91 Å². The highest BCUT2D eigenvalue weighted by Crippen LogP contribution is 2.16. The van der Waals surface area contributed by atoms with Crippen LogP contribution in [0, 0.1) is 17.7 Å². The first-order valence-electron chi connectivity index (χ1n) is 13.3. The van der Waals surface area contributed by atoms with Crippen molar-refractivity contribution in [3.8, 4) is 0 Å². The number of aromatic nitrogens is 2. The first-order chi connectivity index (χ1) is 19.2. The van der Waals surface area contributed by atoms with Crippen molar-refractivity contribution in [2.75, 3.05) is 6.54 Å². The van der Waals surface area contributed by atoms with Crippen LogP contribution in [-0.4, -0.2) is 64.6 Å². The molecular formula is C28H35FN6O5. The molecule has 2 heterocycles. The lowest BCUT2D eigenvalue weighted by atomic mass is 9.97. The molecule has 214 valence electrons. The molecule has 0 aliphatic carbocycles. The van der Waals surface area contributed by atoms with Gasteiger partial charge in [-0.05, 0) is 55.7 Å². The Labute approximate surface area is 232 Å². The summed E-state index contributed by atoms with van der Waals surface area (Å²) in [5, 5.41) is 10.7. The average Bonchev–Trinajstić information content (AvgIpc) is 3.34. The van der Waals surface area contributed by atoms with Gasteiger partial charge < -0.3 is 26.1 Å². The highest BCUT2D eigenvalue weighted by Gasteiger charge is 2.31. The number of nitrogens with zero attached hydrogens (tertiary/aromatic N) is 2. The Morgan fingerprint density at radius 1 is 1.07 bits per heavy atom. The van der Waals surface area contributed by atoms with E-state index in [2.05, 4.69) is 31.2 Å². The Hall–Kier alpha value is -4.22. The van der Waals surface area contributed by atoms with Crippen LogP contribution < -0.4 is 21.3 Å². The molecule has 1 saturated heterocycles. The molecule has 0 bridgehead atoms. The topological polar surface area (TPSA) is 159 Å². The summed E-state index contributed by atoms with van der Waals surface area (Å²) in [6.45, 7) is 4.29. The summed E-state index contributed by atoms with van der Waals surface area (Å²) in [4.78, 5) is 70.9. The van der Waals surface area contributed by atoms with E-state index >= 15 is 0 Å². The number of aryl methyl sites for hydroxylation is 1. The van der Waals surface area contributed by atoms with Crippen molar-refractivity contribution in [2.45, 2.75) is 64.1 Å². The van der Waals surface area contributed by atoms with Gasteiger partial charge in [-0.1, -0.05) is 26.0 Å². The van der Waals surface area contributed by atoms with Crippen LogP contribution in [0.4, 0.5) is 4.39 Å². The third kappa shape index (κ3) is 9.21. The van der Waals surface area contributed by atoms with Crippen LogP contribution in [0.25, 0.3) is 0 Å². The number of carbonyl (C=O) groups excluding carboxylic acids is 5. The molecule has 0 radical (unpaired) electrons. The van der Waals surface area contributed by atoms with E-state index in [0.717, 1.165) is 5.56 Å². The van der Waals surface area contributed by atoms with Crippen molar-refractivity contribution in [1.29, 1.82) is 0 Å². The second-order valence-corrected chi connectivity index (χ2v) is 10.2. The van der Waals surface area contributed by atoms with E-state index in [1.165, 1.54) is 30.7 Å². The van der Waals surface area contributed by atoms with Gasteiger partial charge in [0.2, 0.25) is 17.7 Å². The van der Waals surface area contributed by atoms with Gasteiger partial charge >= 0.3 is 0 Å². The molecule has 0 spiro atoms. The molecule has 1 aromatic heterocycles. The van der Waals surface area contributed by atoms with Crippen molar-refractivity contribution in [1.82, 2.24) is 31.2 Å². The molecule has 1 aliphatic heterocycles. The van der Waals surface area contributed by atoms with Gasteiger partial charge in [-0.2, -0.15) is 0 Å². The Bertz CT molecular complexity index is 1180. The van der Waals surface area contributed by atoms with Crippen LogP contribution in [-0.2, 0) is 25.6 Å². The zero-order valence-electron chi connectivity index (χ0n) is 22.6. The number of benzene rings is 1. The summed E-state index contributed by atoms with van der Waals surface area (Å²) in [7, 11) is 0. The molecule has 11 nitrogen and oxygen atoms in total. The van der Waals surface area contributed by atoms with Crippen molar-refractivity contribution >= 4 is 29.9 Å². The van der Waals surface area contributed by atoms with E-state index in [9.17, 15) is 28.4 Å². The summed E-state index contributed by atoms with van der Waals surface area (Å²) >= 11 is 0. The first-order valence-corrected chi connectivity index (χ1v) is 13.3. The maximum atomic E-state index is 13.4. The predicted octanol–water partition coefficient (Wildman–Crippen LogP) is 1.09. The third-order valence-corrected chi connectivity index (χ3v) is 6.59. The van der Waals surface area contributed by atoms with Crippen molar-refractivity contribution in [3.05, 3.63) is 59.9 Å². The van der Waals surface area contributed by atoms with Gasteiger partial charge in [0.15, 0.2) is 0 Å². The van der Waals surface area contributed by atoms with Gasteiger partial charge in [0, 0.05) is 24.9 Å². The molecule has 1 aromatic carbocycles. The van der Waals surface area contributed by atoms with E-state index in [-0.39, 0.29) is 42.7 Å². The minimum absolute atomic E-state index is 0.0122. The molecular weight excluding hydrogens is 519 g/mol. The van der Waals surface area contributed by atoms with Crippen LogP contribution in [0.5, 0.6) is 0 Å². The Morgan fingerprint density at radius 3 is 2.40 bits per heavy atom. The Balaban J connectivity index is 1.72. The van der Waals surface area contributed by atoms with Crippen molar-refractivity contribution < 1.29 is 28.4 Å². The monoisotopic (exact) mass is 554 g/mol. The number of aldehydes is 1. The number of hydrogen-bond donors (Lipinski definition) is 4. The number of halogens is 1. The minimum Gasteiger partial charge on any atom is -0.356 e. The number of amides is 4. The number of nitrogens with one attached hydrogen (secondary N) is 4. The van der Waals surface area contributed by atoms with Crippen LogP contribution >= 0.6 is 0 Å².